The lowest BCUT2D eigenvalue weighted by atomic mass is 10.1. The Balaban J connectivity index is 2.79. The second kappa shape index (κ2) is 3.95. The molecular weight excluding hydrogens is 160 g/mol. The zero-order valence-corrected chi connectivity index (χ0v) is 9.28. The van der Waals surface area contributed by atoms with Crippen LogP contribution in [0.1, 0.15) is 52.3 Å². The Morgan fingerprint density at radius 2 is 1.77 bits per heavy atom. The first kappa shape index (κ1) is 10.3. The lowest BCUT2D eigenvalue weighted by Crippen LogP contribution is -2.09. The summed E-state index contributed by atoms with van der Waals surface area (Å²) in [7, 11) is 0. The summed E-state index contributed by atoms with van der Waals surface area (Å²) in [4.78, 5) is 4.38. The van der Waals surface area contributed by atoms with Crippen molar-refractivity contribution < 1.29 is 0 Å². The molecule has 0 saturated carbocycles. The van der Waals surface area contributed by atoms with Crippen LogP contribution < -0.4 is 0 Å². The van der Waals surface area contributed by atoms with E-state index in [1.54, 1.807) is 0 Å². The van der Waals surface area contributed by atoms with Crippen LogP contribution in [0.25, 0.3) is 0 Å². The molecule has 74 valence electrons. The third kappa shape index (κ3) is 2.33. The summed E-state index contributed by atoms with van der Waals surface area (Å²) in [5.74, 6) is 1.19. The van der Waals surface area contributed by atoms with E-state index in [4.69, 9.17) is 0 Å². The summed E-state index contributed by atoms with van der Waals surface area (Å²) in [5.41, 5.74) is 1.19. The molecule has 2 heteroatoms. The van der Waals surface area contributed by atoms with Gasteiger partial charge in [0, 0.05) is 12.2 Å². The highest BCUT2D eigenvalue weighted by Crippen LogP contribution is 2.19. The van der Waals surface area contributed by atoms with Crippen molar-refractivity contribution in [1.82, 2.24) is 9.55 Å². The Hall–Kier alpha value is -0.790. The summed E-state index contributed by atoms with van der Waals surface area (Å²) < 4.78 is 2.21. The molecule has 2 nitrogen and oxygen atoms in total. The van der Waals surface area contributed by atoms with Gasteiger partial charge in [-0.15, -0.1) is 0 Å². The summed E-state index contributed by atoms with van der Waals surface area (Å²) >= 11 is 0. The Morgan fingerprint density at radius 1 is 1.15 bits per heavy atom. The van der Waals surface area contributed by atoms with Crippen molar-refractivity contribution in [3.63, 3.8) is 0 Å². The van der Waals surface area contributed by atoms with Crippen molar-refractivity contribution in [2.24, 2.45) is 5.92 Å². The molecule has 1 rings (SSSR count). The molecule has 0 spiro atoms. The Morgan fingerprint density at radius 3 is 2.15 bits per heavy atom. The van der Waals surface area contributed by atoms with Gasteiger partial charge in [0.2, 0.25) is 0 Å². The summed E-state index contributed by atoms with van der Waals surface area (Å²) in [6, 6.07) is 0.542. The van der Waals surface area contributed by atoms with Crippen LogP contribution in [0, 0.1) is 5.92 Å². The maximum atomic E-state index is 4.38. The molecular formula is C11H20N2. The number of aromatic nitrogens is 2. The molecule has 0 aliphatic rings. The fourth-order valence-electron chi connectivity index (χ4n) is 1.22. The Bertz CT molecular complexity index is 261. The molecule has 0 aliphatic carbocycles. The van der Waals surface area contributed by atoms with Gasteiger partial charge in [-0.3, -0.25) is 0 Å². The van der Waals surface area contributed by atoms with Gasteiger partial charge in [0.25, 0.3) is 0 Å². The molecule has 0 N–H and O–H groups in total. The van der Waals surface area contributed by atoms with Crippen molar-refractivity contribution in [2.45, 2.75) is 46.6 Å². The van der Waals surface area contributed by atoms with E-state index >= 15 is 0 Å². The Kier molecular flexibility index (Phi) is 3.12. The van der Waals surface area contributed by atoms with Gasteiger partial charge in [-0.2, -0.15) is 0 Å². The number of nitrogens with zero attached hydrogens (tertiary/aromatic N) is 2. The van der Waals surface area contributed by atoms with E-state index in [0.717, 1.165) is 0 Å². The molecule has 0 radical (unpaired) electrons. The highest BCUT2D eigenvalue weighted by molar-refractivity contribution is 5.02. The third-order valence-electron chi connectivity index (χ3n) is 2.65. The average Bonchev–Trinajstić information content (AvgIpc) is 2.50. The van der Waals surface area contributed by atoms with Crippen molar-refractivity contribution >= 4 is 0 Å². The summed E-state index contributed by atoms with van der Waals surface area (Å²) in [5, 5.41) is 0. The van der Waals surface area contributed by atoms with Gasteiger partial charge in [-0.25, -0.2) is 4.98 Å². The zero-order chi connectivity index (χ0) is 10.0. The first-order valence-electron chi connectivity index (χ1n) is 5.05. The largest absolute Gasteiger partial charge is 0.334 e. The van der Waals surface area contributed by atoms with E-state index in [9.17, 15) is 0 Å². The minimum atomic E-state index is 0.528. The van der Waals surface area contributed by atoms with Crippen molar-refractivity contribution in [2.75, 3.05) is 0 Å². The first-order valence-corrected chi connectivity index (χ1v) is 5.05. The molecule has 1 heterocycles. The molecule has 0 amide bonds. The maximum Gasteiger partial charge on any atom is 0.0952 e. The van der Waals surface area contributed by atoms with Crippen LogP contribution in [0.5, 0.6) is 0 Å². The molecule has 1 aromatic heterocycles. The van der Waals surface area contributed by atoms with E-state index in [-0.39, 0.29) is 0 Å². The zero-order valence-electron chi connectivity index (χ0n) is 9.28. The SMILES string of the molecule is CC(C)c1cn(C(C)C(C)C)cn1. The van der Waals surface area contributed by atoms with Crippen molar-refractivity contribution in [3.05, 3.63) is 18.2 Å². The molecule has 0 aromatic carbocycles. The van der Waals surface area contributed by atoms with Crippen molar-refractivity contribution in [1.29, 1.82) is 0 Å². The average molecular weight is 180 g/mol. The van der Waals surface area contributed by atoms with Crippen LogP contribution in [0.3, 0.4) is 0 Å². The predicted molar refractivity (Wildman–Crippen MR) is 55.9 cm³/mol. The number of imidazole rings is 1. The molecule has 1 atom stereocenters. The van der Waals surface area contributed by atoms with Gasteiger partial charge in [-0.05, 0) is 18.8 Å². The van der Waals surface area contributed by atoms with Crippen LogP contribution in [-0.4, -0.2) is 9.55 Å². The van der Waals surface area contributed by atoms with E-state index < -0.39 is 0 Å². The highest BCUT2D eigenvalue weighted by atomic mass is 15.1. The predicted octanol–water partition coefficient (Wildman–Crippen LogP) is 3.22. The topological polar surface area (TPSA) is 17.8 Å². The van der Waals surface area contributed by atoms with Crippen LogP contribution in [0.4, 0.5) is 0 Å². The highest BCUT2D eigenvalue weighted by Gasteiger charge is 2.10. The van der Waals surface area contributed by atoms with Gasteiger partial charge >= 0.3 is 0 Å². The molecule has 1 unspecified atom stereocenters. The lowest BCUT2D eigenvalue weighted by Gasteiger charge is -2.16. The van der Waals surface area contributed by atoms with E-state index in [1.165, 1.54) is 5.69 Å². The fourth-order valence-corrected chi connectivity index (χ4v) is 1.22. The van der Waals surface area contributed by atoms with Crippen LogP contribution in [0.15, 0.2) is 12.5 Å². The van der Waals surface area contributed by atoms with Gasteiger partial charge < -0.3 is 4.57 Å². The second-order valence-corrected chi connectivity index (χ2v) is 4.39. The monoisotopic (exact) mass is 180 g/mol. The normalized spacial score (nSPS) is 14.1. The minimum absolute atomic E-state index is 0.528. The molecule has 0 aliphatic heterocycles. The number of rotatable bonds is 3. The minimum Gasteiger partial charge on any atom is -0.334 e. The van der Waals surface area contributed by atoms with Crippen molar-refractivity contribution in [3.8, 4) is 0 Å². The maximum absolute atomic E-state index is 4.38. The van der Waals surface area contributed by atoms with E-state index in [1.807, 2.05) is 6.33 Å². The molecule has 13 heavy (non-hydrogen) atoms. The molecule has 0 bridgehead atoms. The van der Waals surface area contributed by atoms with Gasteiger partial charge in [0.15, 0.2) is 0 Å². The molecule has 0 fully saturated rings. The van der Waals surface area contributed by atoms with Gasteiger partial charge in [0.1, 0.15) is 0 Å². The number of hydrogen-bond donors (Lipinski definition) is 0. The Labute approximate surface area is 81.0 Å². The lowest BCUT2D eigenvalue weighted by molar-refractivity contribution is 0.407. The third-order valence-corrected chi connectivity index (χ3v) is 2.65. The first-order chi connectivity index (χ1) is 6.02. The van der Waals surface area contributed by atoms with Crippen LogP contribution in [0.2, 0.25) is 0 Å². The smallest absolute Gasteiger partial charge is 0.0952 e. The van der Waals surface area contributed by atoms with Crippen LogP contribution in [-0.2, 0) is 0 Å². The van der Waals surface area contributed by atoms with E-state index in [2.05, 4.69) is 50.4 Å². The fraction of sp³-hybridized carbons (Fsp3) is 0.727. The van der Waals surface area contributed by atoms with E-state index in [0.29, 0.717) is 17.9 Å². The standard InChI is InChI=1S/C11H20N2/c1-8(2)10(5)13-6-11(9(3)4)12-7-13/h6-10H,1-5H3. The number of hydrogen-bond acceptors (Lipinski definition) is 1. The van der Waals surface area contributed by atoms with Gasteiger partial charge in [0.05, 0.1) is 12.0 Å². The molecule has 1 aromatic rings. The second-order valence-electron chi connectivity index (χ2n) is 4.39. The van der Waals surface area contributed by atoms with Crippen LogP contribution >= 0.6 is 0 Å². The summed E-state index contributed by atoms with van der Waals surface area (Å²) in [6.45, 7) is 11.1. The quantitative estimate of drug-likeness (QED) is 0.698. The molecule has 0 saturated heterocycles. The van der Waals surface area contributed by atoms with Gasteiger partial charge in [-0.1, -0.05) is 27.7 Å². The summed E-state index contributed by atoms with van der Waals surface area (Å²) in [6.07, 6.45) is 4.11.